The van der Waals surface area contributed by atoms with E-state index in [-0.39, 0.29) is 5.41 Å². The fourth-order valence-corrected chi connectivity index (χ4v) is 7.64. The highest BCUT2D eigenvalue weighted by Gasteiger charge is 2.40. The third-order valence-electron chi connectivity index (χ3n) is 9.45. The van der Waals surface area contributed by atoms with Crippen molar-refractivity contribution in [2.24, 2.45) is 0 Å². The summed E-state index contributed by atoms with van der Waals surface area (Å²) < 4.78 is 6.93. The summed E-state index contributed by atoms with van der Waals surface area (Å²) in [6.07, 6.45) is 0. The molecule has 7 aromatic carbocycles. The molecule has 0 spiro atoms. The molecule has 1 aromatic heterocycles. The van der Waals surface area contributed by atoms with Crippen molar-refractivity contribution in [3.63, 3.8) is 0 Å². The number of hydrogen-bond acceptors (Lipinski definition) is 1. The molecule has 0 saturated carbocycles. The lowest BCUT2D eigenvalue weighted by atomic mass is 9.81. The first-order valence-corrected chi connectivity index (χ1v) is 14.7. The van der Waals surface area contributed by atoms with Crippen LogP contribution in [0.4, 0.5) is 0 Å². The van der Waals surface area contributed by atoms with Gasteiger partial charge in [-0.05, 0) is 49.0 Å². The van der Waals surface area contributed by atoms with Crippen LogP contribution in [0.25, 0.3) is 76.9 Å². The van der Waals surface area contributed by atoms with Gasteiger partial charge in [0.15, 0.2) is 0 Å². The van der Waals surface area contributed by atoms with E-state index >= 15 is 0 Å². The molecule has 9 rings (SSSR count). The number of benzene rings is 7. The zero-order valence-electron chi connectivity index (χ0n) is 23.6. The Morgan fingerprint density at radius 3 is 1.62 bits per heavy atom. The van der Waals surface area contributed by atoms with E-state index in [2.05, 4.69) is 147 Å². The molecule has 0 unspecified atom stereocenters. The highest BCUT2D eigenvalue weighted by molar-refractivity contribution is 6.25. The summed E-state index contributed by atoms with van der Waals surface area (Å²) in [6.45, 7) is 4.64. The Labute approximate surface area is 244 Å². The predicted octanol–water partition coefficient (Wildman–Crippen LogP) is 11.5. The number of para-hydroxylation sites is 1. The first-order valence-electron chi connectivity index (χ1n) is 14.7. The van der Waals surface area contributed by atoms with Crippen molar-refractivity contribution in [2.75, 3.05) is 0 Å². The Hall–Kier alpha value is -5.14. The average Bonchev–Trinajstić information content (AvgIpc) is 3.54. The Kier molecular flexibility index (Phi) is 4.73. The molecule has 1 aliphatic rings. The van der Waals surface area contributed by atoms with Gasteiger partial charge < -0.3 is 4.42 Å². The smallest absolute Gasteiger partial charge is 0.143 e. The van der Waals surface area contributed by atoms with E-state index in [4.69, 9.17) is 4.42 Å². The maximum Gasteiger partial charge on any atom is 0.143 e. The molecule has 0 atom stereocenters. The summed E-state index contributed by atoms with van der Waals surface area (Å²) >= 11 is 0. The highest BCUT2D eigenvalue weighted by atomic mass is 16.3. The van der Waals surface area contributed by atoms with Gasteiger partial charge in [0.1, 0.15) is 11.3 Å². The lowest BCUT2D eigenvalue weighted by molar-refractivity contribution is 0.620. The van der Waals surface area contributed by atoms with E-state index < -0.39 is 0 Å². The van der Waals surface area contributed by atoms with Gasteiger partial charge in [0.25, 0.3) is 0 Å². The third kappa shape index (κ3) is 3.03. The first-order chi connectivity index (χ1) is 20.6. The van der Waals surface area contributed by atoms with Crippen molar-refractivity contribution in [3.8, 4) is 33.6 Å². The second-order valence-electron chi connectivity index (χ2n) is 12.0. The summed E-state index contributed by atoms with van der Waals surface area (Å²) in [6, 6.07) is 48.5. The van der Waals surface area contributed by atoms with E-state index in [1.165, 1.54) is 71.1 Å². The van der Waals surface area contributed by atoms with Crippen molar-refractivity contribution in [1.82, 2.24) is 0 Å². The molecule has 42 heavy (non-hydrogen) atoms. The minimum atomic E-state index is -0.127. The van der Waals surface area contributed by atoms with E-state index in [0.29, 0.717) is 0 Å². The van der Waals surface area contributed by atoms with Crippen LogP contribution < -0.4 is 0 Å². The number of furan rings is 1. The molecule has 0 aliphatic heterocycles. The number of hydrogen-bond donors (Lipinski definition) is 0. The minimum absolute atomic E-state index is 0.127. The molecule has 198 valence electrons. The summed E-state index contributed by atoms with van der Waals surface area (Å²) in [5, 5.41) is 8.72. The van der Waals surface area contributed by atoms with Gasteiger partial charge >= 0.3 is 0 Å². The molecule has 1 aliphatic carbocycles. The van der Waals surface area contributed by atoms with E-state index in [1.54, 1.807) is 0 Å². The van der Waals surface area contributed by atoms with Crippen LogP contribution in [-0.2, 0) is 5.41 Å². The summed E-state index contributed by atoms with van der Waals surface area (Å²) in [4.78, 5) is 0. The lowest BCUT2D eigenvalue weighted by Crippen LogP contribution is -2.14. The van der Waals surface area contributed by atoms with Crippen molar-refractivity contribution in [3.05, 3.63) is 145 Å². The summed E-state index contributed by atoms with van der Waals surface area (Å²) in [5.74, 6) is 1.01. The second-order valence-corrected chi connectivity index (χ2v) is 12.0. The van der Waals surface area contributed by atoms with Gasteiger partial charge in [-0.15, -0.1) is 0 Å². The molecular weight excluding hydrogens is 508 g/mol. The van der Waals surface area contributed by atoms with Crippen LogP contribution in [0, 0.1) is 0 Å². The van der Waals surface area contributed by atoms with Gasteiger partial charge in [0, 0.05) is 33.1 Å². The Morgan fingerprint density at radius 2 is 0.905 bits per heavy atom. The molecule has 8 aromatic rings. The second kappa shape index (κ2) is 8.44. The Bertz CT molecular complexity index is 2320. The molecule has 0 fully saturated rings. The van der Waals surface area contributed by atoms with Crippen molar-refractivity contribution >= 4 is 43.3 Å². The molecule has 0 saturated heterocycles. The van der Waals surface area contributed by atoms with Crippen LogP contribution in [-0.4, -0.2) is 0 Å². The van der Waals surface area contributed by atoms with Gasteiger partial charge in [-0.1, -0.05) is 147 Å². The van der Waals surface area contributed by atoms with Crippen LogP contribution in [0.15, 0.2) is 138 Å². The molecular formula is C41H28O. The monoisotopic (exact) mass is 536 g/mol. The van der Waals surface area contributed by atoms with E-state index in [9.17, 15) is 0 Å². The molecule has 0 radical (unpaired) electrons. The van der Waals surface area contributed by atoms with Crippen LogP contribution in [0.3, 0.4) is 0 Å². The maximum atomic E-state index is 6.93. The van der Waals surface area contributed by atoms with Crippen LogP contribution in [0.2, 0.25) is 0 Å². The molecule has 1 heteroatoms. The maximum absolute atomic E-state index is 6.93. The first kappa shape index (κ1) is 23.6. The SMILES string of the molecule is CC1(C)c2ccccc2-c2oc3c(-c4c5ccccc5c(-c5cccc6ccccc56)c5ccccc45)cccc3c21. The number of rotatable bonds is 2. The molecule has 0 amide bonds. The molecule has 0 bridgehead atoms. The average molecular weight is 537 g/mol. The molecule has 1 heterocycles. The molecule has 0 N–H and O–H groups in total. The van der Waals surface area contributed by atoms with E-state index in [1.807, 2.05) is 0 Å². The largest absolute Gasteiger partial charge is 0.455 e. The van der Waals surface area contributed by atoms with Crippen molar-refractivity contribution in [1.29, 1.82) is 0 Å². The Balaban J connectivity index is 1.42. The normalized spacial score (nSPS) is 13.7. The van der Waals surface area contributed by atoms with Crippen molar-refractivity contribution in [2.45, 2.75) is 19.3 Å². The fraction of sp³-hybridized carbons (Fsp3) is 0.0732. The fourth-order valence-electron chi connectivity index (χ4n) is 7.64. The zero-order valence-corrected chi connectivity index (χ0v) is 23.6. The van der Waals surface area contributed by atoms with Gasteiger partial charge in [-0.25, -0.2) is 0 Å². The van der Waals surface area contributed by atoms with Crippen LogP contribution >= 0.6 is 0 Å². The van der Waals surface area contributed by atoms with Gasteiger partial charge in [0.2, 0.25) is 0 Å². The van der Waals surface area contributed by atoms with Crippen molar-refractivity contribution < 1.29 is 4.42 Å². The lowest BCUT2D eigenvalue weighted by Gasteiger charge is -2.21. The van der Waals surface area contributed by atoms with Gasteiger partial charge in [-0.3, -0.25) is 0 Å². The Morgan fingerprint density at radius 1 is 0.429 bits per heavy atom. The standard InChI is InChI=1S/C41H28O/c1-41(2)35-24-10-9-20-32(35)40-38(41)34-23-12-22-33(39(34)42-40)37-30-18-7-5-16-28(30)36(29-17-6-8-19-31(29)37)27-21-11-14-25-13-3-4-15-26(25)27/h3-24H,1-2H3. The third-order valence-corrected chi connectivity index (χ3v) is 9.45. The van der Waals surface area contributed by atoms with E-state index in [0.717, 1.165) is 16.9 Å². The predicted molar refractivity (Wildman–Crippen MR) is 177 cm³/mol. The molecule has 1 nitrogen and oxygen atoms in total. The topological polar surface area (TPSA) is 13.1 Å². The van der Waals surface area contributed by atoms with Crippen LogP contribution in [0.5, 0.6) is 0 Å². The number of fused-ring (bicyclic) bond motifs is 8. The van der Waals surface area contributed by atoms with Gasteiger partial charge in [-0.2, -0.15) is 0 Å². The quantitative estimate of drug-likeness (QED) is 0.200. The minimum Gasteiger partial charge on any atom is -0.455 e. The summed E-state index contributed by atoms with van der Waals surface area (Å²) in [5.41, 5.74) is 9.60. The van der Waals surface area contributed by atoms with Crippen LogP contribution in [0.1, 0.15) is 25.0 Å². The van der Waals surface area contributed by atoms with Gasteiger partial charge in [0.05, 0.1) is 0 Å². The highest BCUT2D eigenvalue weighted by Crippen LogP contribution is 2.55. The summed E-state index contributed by atoms with van der Waals surface area (Å²) in [7, 11) is 0. The zero-order chi connectivity index (χ0) is 28.0.